The van der Waals surface area contributed by atoms with E-state index in [0.29, 0.717) is 17.0 Å². The Morgan fingerprint density at radius 3 is 2.43 bits per heavy atom. The van der Waals surface area contributed by atoms with Crippen molar-refractivity contribution in [1.82, 2.24) is 9.78 Å². The van der Waals surface area contributed by atoms with Crippen LogP contribution in [-0.4, -0.2) is 9.78 Å². The van der Waals surface area contributed by atoms with Gasteiger partial charge in [0.2, 0.25) is 5.88 Å². The molecule has 35 heavy (non-hydrogen) atoms. The SMILES string of the molecule is N#CC1=C(N)Oc2ccc3ccccc3c2[C@@H]1c1cn(-c2ccccc2)nc1-c1ccc(F)cc1. The molecule has 0 radical (unpaired) electrons. The Morgan fingerprint density at radius 2 is 1.66 bits per heavy atom. The molecule has 1 aliphatic heterocycles. The van der Waals surface area contributed by atoms with Crippen molar-refractivity contribution < 1.29 is 9.13 Å². The highest BCUT2D eigenvalue weighted by Gasteiger charge is 2.35. The Kier molecular flexibility index (Phi) is 4.82. The van der Waals surface area contributed by atoms with E-state index in [4.69, 9.17) is 15.6 Å². The molecule has 5 nitrogen and oxygen atoms in total. The average molecular weight is 458 g/mol. The van der Waals surface area contributed by atoms with E-state index in [1.807, 2.05) is 72.9 Å². The first kappa shape index (κ1) is 20.7. The predicted octanol–water partition coefficient (Wildman–Crippen LogP) is 6.05. The molecular weight excluding hydrogens is 439 g/mol. The molecule has 5 aromatic rings. The molecule has 2 N–H and O–H groups in total. The van der Waals surface area contributed by atoms with Gasteiger partial charge in [0.05, 0.1) is 17.3 Å². The van der Waals surface area contributed by atoms with Gasteiger partial charge in [-0.2, -0.15) is 10.4 Å². The minimum Gasteiger partial charge on any atom is -0.440 e. The van der Waals surface area contributed by atoms with E-state index in [0.717, 1.165) is 33.2 Å². The summed E-state index contributed by atoms with van der Waals surface area (Å²) in [4.78, 5) is 0. The molecule has 0 unspecified atom stereocenters. The largest absolute Gasteiger partial charge is 0.440 e. The first-order valence-electron chi connectivity index (χ1n) is 11.1. The first-order valence-corrected chi connectivity index (χ1v) is 11.1. The summed E-state index contributed by atoms with van der Waals surface area (Å²) in [5.74, 6) is -0.185. The maximum Gasteiger partial charge on any atom is 0.205 e. The van der Waals surface area contributed by atoms with Crippen LogP contribution in [0.1, 0.15) is 17.0 Å². The van der Waals surface area contributed by atoms with Crippen LogP contribution in [-0.2, 0) is 0 Å². The van der Waals surface area contributed by atoms with Gasteiger partial charge in [-0.1, -0.05) is 48.5 Å². The molecule has 0 amide bonds. The van der Waals surface area contributed by atoms with Crippen molar-refractivity contribution in [3.8, 4) is 28.8 Å². The fourth-order valence-corrected chi connectivity index (χ4v) is 4.70. The standard InChI is InChI=1S/C29H19FN4O/c30-20-13-10-19(11-14-20)28-24(17-34(33-28)21-7-2-1-3-8-21)26-23(16-31)29(32)35-25-15-12-18-6-4-5-9-22(18)27(25)26/h1-15,17,26H,32H2/t26-/m0/s1. The second-order valence-corrected chi connectivity index (χ2v) is 8.34. The summed E-state index contributed by atoms with van der Waals surface area (Å²) in [5, 5.41) is 17.0. The van der Waals surface area contributed by atoms with E-state index in [1.165, 1.54) is 12.1 Å². The number of nitriles is 1. The number of hydrogen-bond acceptors (Lipinski definition) is 4. The maximum absolute atomic E-state index is 13.8. The molecule has 4 aromatic carbocycles. The van der Waals surface area contributed by atoms with Crippen LogP contribution < -0.4 is 10.5 Å². The summed E-state index contributed by atoms with van der Waals surface area (Å²) in [6.45, 7) is 0. The molecular formula is C29H19FN4O. The number of nitrogens with two attached hydrogens (primary N) is 1. The van der Waals surface area contributed by atoms with E-state index >= 15 is 0 Å². The molecule has 0 bridgehead atoms. The molecule has 6 heteroatoms. The number of rotatable bonds is 3. The first-order chi connectivity index (χ1) is 17.1. The average Bonchev–Trinajstić information content (AvgIpc) is 3.34. The third-order valence-electron chi connectivity index (χ3n) is 6.31. The van der Waals surface area contributed by atoms with Crippen LogP contribution in [0.25, 0.3) is 27.7 Å². The molecule has 168 valence electrons. The summed E-state index contributed by atoms with van der Waals surface area (Å²) in [6, 6.07) is 30.0. The van der Waals surface area contributed by atoms with Gasteiger partial charge in [0.1, 0.15) is 23.2 Å². The molecule has 1 atom stereocenters. The lowest BCUT2D eigenvalue weighted by atomic mass is 9.80. The van der Waals surface area contributed by atoms with Crippen molar-refractivity contribution in [2.45, 2.75) is 5.92 Å². The predicted molar refractivity (Wildman–Crippen MR) is 132 cm³/mol. The number of fused-ring (bicyclic) bond motifs is 3. The van der Waals surface area contributed by atoms with Gasteiger partial charge in [0, 0.05) is 22.9 Å². The molecule has 2 heterocycles. The number of hydrogen-bond donors (Lipinski definition) is 1. The lowest BCUT2D eigenvalue weighted by Crippen LogP contribution is -2.21. The Labute approximate surface area is 201 Å². The van der Waals surface area contributed by atoms with E-state index in [1.54, 1.807) is 16.8 Å². The summed E-state index contributed by atoms with van der Waals surface area (Å²) < 4.78 is 21.4. The summed E-state index contributed by atoms with van der Waals surface area (Å²) >= 11 is 0. The van der Waals surface area contributed by atoms with E-state index in [9.17, 15) is 9.65 Å². The van der Waals surface area contributed by atoms with Crippen LogP contribution in [0.4, 0.5) is 4.39 Å². The normalized spacial score (nSPS) is 14.9. The second-order valence-electron chi connectivity index (χ2n) is 8.34. The van der Waals surface area contributed by atoms with Gasteiger partial charge < -0.3 is 10.5 Å². The maximum atomic E-state index is 13.8. The lowest BCUT2D eigenvalue weighted by Gasteiger charge is -2.27. The number of halogens is 1. The highest BCUT2D eigenvalue weighted by molar-refractivity contribution is 5.90. The third-order valence-corrected chi connectivity index (χ3v) is 6.31. The zero-order valence-electron chi connectivity index (χ0n) is 18.5. The summed E-state index contributed by atoms with van der Waals surface area (Å²) in [5.41, 5.74) is 10.4. The molecule has 0 saturated carbocycles. The van der Waals surface area contributed by atoms with Crippen LogP contribution in [0.15, 0.2) is 109 Å². The van der Waals surface area contributed by atoms with Crippen molar-refractivity contribution in [3.63, 3.8) is 0 Å². The quantitative estimate of drug-likeness (QED) is 0.357. The third kappa shape index (κ3) is 3.42. The Hall–Kier alpha value is -4.89. The number of aromatic nitrogens is 2. The Morgan fingerprint density at radius 1 is 0.914 bits per heavy atom. The number of ether oxygens (including phenoxy) is 1. The van der Waals surface area contributed by atoms with Crippen LogP contribution >= 0.6 is 0 Å². The van der Waals surface area contributed by atoms with Crippen molar-refractivity contribution in [2.75, 3.05) is 0 Å². The zero-order chi connectivity index (χ0) is 23.9. The van der Waals surface area contributed by atoms with E-state index < -0.39 is 5.92 Å². The monoisotopic (exact) mass is 458 g/mol. The minimum absolute atomic E-state index is 0.0674. The van der Waals surface area contributed by atoms with Gasteiger partial charge in [0.25, 0.3) is 0 Å². The van der Waals surface area contributed by atoms with Crippen LogP contribution in [0.3, 0.4) is 0 Å². The van der Waals surface area contributed by atoms with Crippen molar-refractivity contribution in [2.24, 2.45) is 5.73 Å². The summed E-state index contributed by atoms with van der Waals surface area (Å²) in [6.07, 6.45) is 1.92. The van der Waals surface area contributed by atoms with Gasteiger partial charge in [-0.05, 0) is 53.2 Å². The van der Waals surface area contributed by atoms with E-state index in [2.05, 4.69) is 6.07 Å². The number of benzene rings is 4. The van der Waals surface area contributed by atoms with Gasteiger partial charge in [-0.25, -0.2) is 9.07 Å². The second kappa shape index (κ2) is 8.15. The van der Waals surface area contributed by atoms with Gasteiger partial charge in [0.15, 0.2) is 0 Å². The van der Waals surface area contributed by atoms with Crippen LogP contribution in [0.2, 0.25) is 0 Å². The fraction of sp³-hybridized carbons (Fsp3) is 0.0345. The topological polar surface area (TPSA) is 76.9 Å². The molecule has 6 rings (SSSR count). The molecule has 1 aliphatic rings. The molecule has 0 fully saturated rings. The Balaban J connectivity index is 1.67. The van der Waals surface area contributed by atoms with Crippen molar-refractivity contribution in [1.29, 1.82) is 5.26 Å². The van der Waals surface area contributed by atoms with Crippen LogP contribution in [0, 0.1) is 17.1 Å². The van der Waals surface area contributed by atoms with Gasteiger partial charge >= 0.3 is 0 Å². The number of para-hydroxylation sites is 1. The zero-order valence-corrected chi connectivity index (χ0v) is 18.5. The minimum atomic E-state index is -0.521. The van der Waals surface area contributed by atoms with Crippen LogP contribution in [0.5, 0.6) is 5.75 Å². The van der Waals surface area contributed by atoms with E-state index in [-0.39, 0.29) is 11.7 Å². The highest BCUT2D eigenvalue weighted by Crippen LogP contribution is 2.47. The van der Waals surface area contributed by atoms with Gasteiger partial charge in [-0.15, -0.1) is 0 Å². The van der Waals surface area contributed by atoms with Gasteiger partial charge in [-0.3, -0.25) is 0 Å². The highest BCUT2D eigenvalue weighted by atomic mass is 19.1. The van der Waals surface area contributed by atoms with Crippen molar-refractivity contribution >= 4 is 10.8 Å². The molecule has 0 aliphatic carbocycles. The smallest absolute Gasteiger partial charge is 0.205 e. The number of allylic oxidation sites excluding steroid dienone is 1. The molecule has 0 spiro atoms. The fourth-order valence-electron chi connectivity index (χ4n) is 4.70. The Bertz CT molecular complexity index is 1650. The summed E-state index contributed by atoms with van der Waals surface area (Å²) in [7, 11) is 0. The lowest BCUT2D eigenvalue weighted by molar-refractivity contribution is 0.395. The molecule has 1 aromatic heterocycles. The van der Waals surface area contributed by atoms with Crippen molar-refractivity contribution in [3.05, 3.63) is 126 Å². The number of nitrogens with zero attached hydrogens (tertiary/aromatic N) is 3. The molecule has 0 saturated heterocycles.